The molecule has 0 aliphatic heterocycles. The molecular formula is C19H21FN2O. The standard InChI is InChI=1S/C19H21FN2O/c1-13(23)22-15-5-2-4-14(12-15)10-11-21-19-9-8-16-17(19)6-3-7-18(16)20/h2-7,12,19,21H,8-11H2,1H3,(H,22,23)/t19-/m0/s1. The molecule has 0 fully saturated rings. The highest BCUT2D eigenvalue weighted by Gasteiger charge is 2.23. The van der Waals surface area contributed by atoms with Crippen LogP contribution in [0.1, 0.15) is 36.1 Å². The Morgan fingerprint density at radius 1 is 1.26 bits per heavy atom. The second-order valence-corrected chi connectivity index (χ2v) is 5.98. The van der Waals surface area contributed by atoms with E-state index in [9.17, 15) is 9.18 Å². The molecule has 0 spiro atoms. The molecule has 2 aromatic carbocycles. The van der Waals surface area contributed by atoms with E-state index in [1.54, 1.807) is 6.07 Å². The van der Waals surface area contributed by atoms with Gasteiger partial charge in [-0.3, -0.25) is 4.79 Å². The van der Waals surface area contributed by atoms with Crippen LogP contribution in [0.15, 0.2) is 42.5 Å². The van der Waals surface area contributed by atoms with Crippen LogP contribution >= 0.6 is 0 Å². The van der Waals surface area contributed by atoms with Gasteiger partial charge in [0.1, 0.15) is 5.82 Å². The fraction of sp³-hybridized carbons (Fsp3) is 0.316. The summed E-state index contributed by atoms with van der Waals surface area (Å²) < 4.78 is 13.7. The molecule has 0 saturated carbocycles. The van der Waals surface area contributed by atoms with Gasteiger partial charge in [0.05, 0.1) is 0 Å². The third-order valence-electron chi connectivity index (χ3n) is 4.27. The highest BCUT2D eigenvalue weighted by Crippen LogP contribution is 2.32. The first-order chi connectivity index (χ1) is 11.1. The summed E-state index contributed by atoms with van der Waals surface area (Å²) >= 11 is 0. The zero-order valence-electron chi connectivity index (χ0n) is 13.2. The van der Waals surface area contributed by atoms with Crippen molar-refractivity contribution in [2.24, 2.45) is 0 Å². The summed E-state index contributed by atoms with van der Waals surface area (Å²) in [4.78, 5) is 11.1. The van der Waals surface area contributed by atoms with Crippen molar-refractivity contribution in [1.82, 2.24) is 5.32 Å². The van der Waals surface area contributed by atoms with E-state index in [1.165, 1.54) is 18.6 Å². The zero-order chi connectivity index (χ0) is 16.2. The third-order valence-corrected chi connectivity index (χ3v) is 4.27. The van der Waals surface area contributed by atoms with Crippen LogP contribution in [0.2, 0.25) is 0 Å². The smallest absolute Gasteiger partial charge is 0.221 e. The van der Waals surface area contributed by atoms with Crippen molar-refractivity contribution in [3.8, 4) is 0 Å². The Labute approximate surface area is 135 Å². The van der Waals surface area contributed by atoms with Gasteiger partial charge in [0, 0.05) is 18.7 Å². The molecular weight excluding hydrogens is 291 g/mol. The SMILES string of the molecule is CC(=O)Nc1cccc(CCN[C@H]2CCc3c(F)cccc32)c1. The average molecular weight is 312 g/mol. The second kappa shape index (κ2) is 6.92. The molecule has 2 aromatic rings. The number of fused-ring (bicyclic) bond motifs is 1. The van der Waals surface area contributed by atoms with Gasteiger partial charge in [-0.15, -0.1) is 0 Å². The van der Waals surface area contributed by atoms with Crippen LogP contribution in [-0.4, -0.2) is 12.5 Å². The Morgan fingerprint density at radius 3 is 2.91 bits per heavy atom. The lowest BCUT2D eigenvalue weighted by molar-refractivity contribution is -0.114. The predicted octanol–water partition coefficient (Wildman–Crippen LogP) is 3.60. The molecule has 23 heavy (non-hydrogen) atoms. The fourth-order valence-corrected chi connectivity index (χ4v) is 3.22. The summed E-state index contributed by atoms with van der Waals surface area (Å²) in [5.41, 5.74) is 3.94. The fourth-order valence-electron chi connectivity index (χ4n) is 3.22. The maximum Gasteiger partial charge on any atom is 0.221 e. The molecule has 4 heteroatoms. The predicted molar refractivity (Wildman–Crippen MR) is 89.9 cm³/mol. The summed E-state index contributed by atoms with van der Waals surface area (Å²) in [6.07, 6.45) is 2.62. The number of rotatable bonds is 5. The summed E-state index contributed by atoms with van der Waals surface area (Å²) in [6, 6.07) is 13.4. The molecule has 1 amide bonds. The largest absolute Gasteiger partial charge is 0.326 e. The summed E-state index contributed by atoms with van der Waals surface area (Å²) in [5.74, 6) is -0.153. The molecule has 3 rings (SSSR count). The van der Waals surface area contributed by atoms with Crippen molar-refractivity contribution < 1.29 is 9.18 Å². The molecule has 0 bridgehead atoms. The maximum atomic E-state index is 13.7. The summed E-state index contributed by atoms with van der Waals surface area (Å²) in [5, 5.41) is 6.31. The molecule has 1 atom stereocenters. The summed E-state index contributed by atoms with van der Waals surface area (Å²) in [6.45, 7) is 2.33. The lowest BCUT2D eigenvalue weighted by Gasteiger charge is -2.14. The molecule has 0 unspecified atom stereocenters. The topological polar surface area (TPSA) is 41.1 Å². The van der Waals surface area contributed by atoms with Gasteiger partial charge in [0.15, 0.2) is 0 Å². The van der Waals surface area contributed by atoms with E-state index >= 15 is 0 Å². The number of hydrogen-bond acceptors (Lipinski definition) is 2. The number of hydrogen-bond donors (Lipinski definition) is 2. The molecule has 2 N–H and O–H groups in total. The van der Waals surface area contributed by atoms with Gasteiger partial charge in [0.25, 0.3) is 0 Å². The number of benzene rings is 2. The van der Waals surface area contributed by atoms with E-state index < -0.39 is 0 Å². The minimum atomic E-state index is -0.0881. The van der Waals surface area contributed by atoms with Crippen molar-refractivity contribution in [2.45, 2.75) is 32.2 Å². The molecule has 0 aromatic heterocycles. The lowest BCUT2D eigenvalue weighted by atomic mass is 10.1. The van der Waals surface area contributed by atoms with Crippen LogP contribution in [0.3, 0.4) is 0 Å². The van der Waals surface area contributed by atoms with Gasteiger partial charge in [-0.1, -0.05) is 24.3 Å². The number of carbonyl (C=O) groups is 1. The molecule has 1 aliphatic rings. The zero-order valence-corrected chi connectivity index (χ0v) is 13.2. The van der Waals surface area contributed by atoms with Crippen LogP contribution in [0.4, 0.5) is 10.1 Å². The maximum absolute atomic E-state index is 13.7. The number of halogens is 1. The van der Waals surface area contributed by atoms with E-state index in [0.717, 1.165) is 42.6 Å². The van der Waals surface area contributed by atoms with Crippen molar-refractivity contribution in [2.75, 3.05) is 11.9 Å². The van der Waals surface area contributed by atoms with Crippen molar-refractivity contribution >= 4 is 11.6 Å². The van der Waals surface area contributed by atoms with Gasteiger partial charge in [-0.2, -0.15) is 0 Å². The molecule has 1 aliphatic carbocycles. The van der Waals surface area contributed by atoms with Crippen molar-refractivity contribution in [3.05, 3.63) is 65.0 Å². The Bertz CT molecular complexity index is 714. The van der Waals surface area contributed by atoms with Crippen molar-refractivity contribution in [3.63, 3.8) is 0 Å². The third kappa shape index (κ3) is 3.77. The Kier molecular flexibility index (Phi) is 4.72. The molecule has 3 nitrogen and oxygen atoms in total. The van der Waals surface area contributed by atoms with E-state index in [-0.39, 0.29) is 17.8 Å². The molecule has 0 radical (unpaired) electrons. The first kappa shape index (κ1) is 15.7. The molecule has 0 heterocycles. The van der Waals surface area contributed by atoms with Crippen LogP contribution < -0.4 is 10.6 Å². The number of amides is 1. The number of nitrogens with one attached hydrogen (secondary N) is 2. The molecule has 0 saturated heterocycles. The highest BCUT2D eigenvalue weighted by molar-refractivity contribution is 5.88. The Balaban J connectivity index is 1.57. The van der Waals surface area contributed by atoms with Gasteiger partial charge in [-0.25, -0.2) is 4.39 Å². The second-order valence-electron chi connectivity index (χ2n) is 5.98. The normalized spacial score (nSPS) is 16.2. The van der Waals surface area contributed by atoms with Crippen molar-refractivity contribution in [1.29, 1.82) is 0 Å². The number of carbonyl (C=O) groups excluding carboxylic acids is 1. The Hall–Kier alpha value is -2.20. The Morgan fingerprint density at radius 2 is 2.09 bits per heavy atom. The quantitative estimate of drug-likeness (QED) is 0.885. The van der Waals surface area contributed by atoms with Gasteiger partial charge in [0.2, 0.25) is 5.91 Å². The van der Waals surface area contributed by atoms with E-state index in [4.69, 9.17) is 0 Å². The molecule has 120 valence electrons. The van der Waals surface area contributed by atoms with E-state index in [0.29, 0.717) is 0 Å². The van der Waals surface area contributed by atoms with Gasteiger partial charge in [-0.05, 0) is 60.7 Å². The van der Waals surface area contributed by atoms with Crippen LogP contribution in [0.5, 0.6) is 0 Å². The number of anilines is 1. The van der Waals surface area contributed by atoms with Crippen LogP contribution in [0.25, 0.3) is 0 Å². The minimum absolute atomic E-state index is 0.0649. The first-order valence-corrected chi connectivity index (χ1v) is 8.00. The minimum Gasteiger partial charge on any atom is -0.326 e. The van der Waals surface area contributed by atoms with Gasteiger partial charge >= 0.3 is 0 Å². The lowest BCUT2D eigenvalue weighted by Crippen LogP contribution is -2.22. The van der Waals surface area contributed by atoms with E-state index in [2.05, 4.69) is 16.7 Å². The van der Waals surface area contributed by atoms with Gasteiger partial charge < -0.3 is 10.6 Å². The van der Waals surface area contributed by atoms with E-state index in [1.807, 2.05) is 24.3 Å². The first-order valence-electron chi connectivity index (χ1n) is 8.00. The monoisotopic (exact) mass is 312 g/mol. The average Bonchev–Trinajstić information content (AvgIpc) is 2.92. The van der Waals surface area contributed by atoms with Crippen LogP contribution in [0, 0.1) is 5.82 Å². The highest BCUT2D eigenvalue weighted by atomic mass is 19.1. The van der Waals surface area contributed by atoms with Crippen LogP contribution in [-0.2, 0) is 17.6 Å². The summed E-state index contributed by atoms with van der Waals surface area (Å²) in [7, 11) is 0.